The van der Waals surface area contributed by atoms with E-state index in [1.54, 1.807) is 13.8 Å². The van der Waals surface area contributed by atoms with Crippen molar-refractivity contribution < 1.29 is 9.59 Å². The number of nitrogens with one attached hydrogen (secondary N) is 1. The van der Waals surface area contributed by atoms with Gasteiger partial charge in [0.25, 0.3) is 5.91 Å². The Kier molecular flexibility index (Phi) is 3.86. The molecule has 0 aromatic carbocycles. The SMILES string of the molecule is CCC(C)(C)C(=O)C(=O)NC(C)(C)C. The van der Waals surface area contributed by atoms with Crippen molar-refractivity contribution in [2.75, 3.05) is 0 Å². The lowest BCUT2D eigenvalue weighted by Gasteiger charge is -2.24. The lowest BCUT2D eigenvalue weighted by molar-refractivity contribution is -0.143. The molecule has 3 nitrogen and oxygen atoms in total. The van der Waals surface area contributed by atoms with Crippen LogP contribution in [0.4, 0.5) is 0 Å². The minimum absolute atomic E-state index is 0.338. The van der Waals surface area contributed by atoms with Crippen LogP contribution in [0.1, 0.15) is 48.0 Å². The molecule has 0 unspecified atom stereocenters. The second-order valence-corrected chi connectivity index (χ2v) is 5.27. The molecule has 0 fully saturated rings. The van der Waals surface area contributed by atoms with E-state index in [1.807, 2.05) is 27.7 Å². The summed E-state index contributed by atoms with van der Waals surface area (Å²) in [6, 6.07) is 0. The number of carbonyl (C=O) groups excluding carboxylic acids is 2. The van der Waals surface area contributed by atoms with E-state index in [4.69, 9.17) is 0 Å². The van der Waals surface area contributed by atoms with E-state index in [0.717, 1.165) is 0 Å². The molecular formula is C11H21NO2. The first-order valence-electron chi connectivity index (χ1n) is 4.97. The lowest BCUT2D eigenvalue weighted by Crippen LogP contribution is -2.47. The van der Waals surface area contributed by atoms with Gasteiger partial charge in [0.2, 0.25) is 5.78 Å². The number of carbonyl (C=O) groups is 2. The molecule has 1 amide bonds. The zero-order valence-electron chi connectivity index (χ0n) is 10.0. The van der Waals surface area contributed by atoms with Crippen molar-refractivity contribution in [2.45, 2.75) is 53.5 Å². The Hall–Kier alpha value is -0.860. The number of rotatable bonds is 3. The fourth-order valence-electron chi connectivity index (χ4n) is 0.865. The Morgan fingerprint density at radius 2 is 1.50 bits per heavy atom. The Balaban J connectivity index is 4.50. The molecule has 3 heteroatoms. The predicted molar refractivity (Wildman–Crippen MR) is 57.0 cm³/mol. The van der Waals surface area contributed by atoms with Crippen LogP contribution in [0.15, 0.2) is 0 Å². The van der Waals surface area contributed by atoms with Gasteiger partial charge in [-0.2, -0.15) is 0 Å². The van der Waals surface area contributed by atoms with Crippen LogP contribution in [0.2, 0.25) is 0 Å². The van der Waals surface area contributed by atoms with Crippen LogP contribution in [-0.4, -0.2) is 17.2 Å². The average Bonchev–Trinajstić information content (AvgIpc) is 2.00. The third kappa shape index (κ3) is 3.90. The van der Waals surface area contributed by atoms with Gasteiger partial charge in [-0.15, -0.1) is 0 Å². The van der Waals surface area contributed by atoms with Crippen molar-refractivity contribution in [1.29, 1.82) is 0 Å². The van der Waals surface area contributed by atoms with E-state index >= 15 is 0 Å². The Bertz CT molecular complexity index is 236. The van der Waals surface area contributed by atoms with Gasteiger partial charge in [0, 0.05) is 11.0 Å². The van der Waals surface area contributed by atoms with E-state index in [1.165, 1.54) is 0 Å². The predicted octanol–water partition coefficient (Wildman–Crippen LogP) is 1.91. The van der Waals surface area contributed by atoms with Crippen molar-refractivity contribution in [2.24, 2.45) is 5.41 Å². The van der Waals surface area contributed by atoms with Gasteiger partial charge in [-0.1, -0.05) is 20.8 Å². The third-order valence-corrected chi connectivity index (χ3v) is 2.19. The molecule has 0 saturated heterocycles. The van der Waals surface area contributed by atoms with Crippen LogP contribution in [0.25, 0.3) is 0 Å². The maximum absolute atomic E-state index is 11.7. The third-order valence-electron chi connectivity index (χ3n) is 2.19. The summed E-state index contributed by atoms with van der Waals surface area (Å²) in [5.41, 5.74) is -0.911. The first-order valence-corrected chi connectivity index (χ1v) is 4.97. The fraction of sp³-hybridized carbons (Fsp3) is 0.818. The Morgan fingerprint density at radius 3 is 1.79 bits per heavy atom. The van der Waals surface area contributed by atoms with Crippen LogP contribution in [-0.2, 0) is 9.59 Å². The summed E-state index contributed by atoms with van der Waals surface area (Å²) < 4.78 is 0. The van der Waals surface area contributed by atoms with Crippen molar-refractivity contribution in [3.05, 3.63) is 0 Å². The number of Topliss-reactive ketones (excluding diaryl/α,β-unsaturated/α-hetero) is 1. The van der Waals surface area contributed by atoms with E-state index in [2.05, 4.69) is 5.32 Å². The summed E-state index contributed by atoms with van der Waals surface area (Å²) in [5.74, 6) is -0.820. The van der Waals surface area contributed by atoms with Gasteiger partial charge < -0.3 is 5.32 Å². The molecule has 0 atom stereocenters. The highest BCUT2D eigenvalue weighted by Crippen LogP contribution is 2.21. The lowest BCUT2D eigenvalue weighted by atomic mass is 9.84. The van der Waals surface area contributed by atoms with Crippen LogP contribution in [0, 0.1) is 5.41 Å². The van der Waals surface area contributed by atoms with Gasteiger partial charge in [0.15, 0.2) is 0 Å². The topological polar surface area (TPSA) is 46.2 Å². The molecule has 0 aliphatic rings. The smallest absolute Gasteiger partial charge is 0.288 e. The molecule has 0 aromatic heterocycles. The summed E-state index contributed by atoms with van der Waals surface area (Å²) >= 11 is 0. The summed E-state index contributed by atoms with van der Waals surface area (Å²) in [4.78, 5) is 23.2. The van der Waals surface area contributed by atoms with Crippen molar-refractivity contribution >= 4 is 11.7 Å². The molecule has 0 aromatic rings. The maximum atomic E-state index is 11.7. The molecule has 0 bridgehead atoms. The Morgan fingerprint density at radius 1 is 1.07 bits per heavy atom. The largest absolute Gasteiger partial charge is 0.345 e. The number of amides is 1. The van der Waals surface area contributed by atoms with E-state index in [-0.39, 0.29) is 11.3 Å². The summed E-state index contributed by atoms with van der Waals surface area (Å²) in [6.07, 6.45) is 0.670. The first kappa shape index (κ1) is 13.1. The average molecular weight is 199 g/mol. The number of hydrogen-bond acceptors (Lipinski definition) is 2. The monoisotopic (exact) mass is 199 g/mol. The number of hydrogen-bond donors (Lipinski definition) is 1. The van der Waals surface area contributed by atoms with Gasteiger partial charge in [-0.05, 0) is 27.2 Å². The molecule has 1 N–H and O–H groups in total. The van der Waals surface area contributed by atoms with Crippen molar-refractivity contribution in [1.82, 2.24) is 5.32 Å². The molecule has 14 heavy (non-hydrogen) atoms. The van der Waals surface area contributed by atoms with Crippen LogP contribution >= 0.6 is 0 Å². The zero-order valence-corrected chi connectivity index (χ0v) is 10.0. The van der Waals surface area contributed by atoms with Crippen LogP contribution in [0.5, 0.6) is 0 Å². The minimum atomic E-state index is -0.560. The molecule has 82 valence electrons. The highest BCUT2D eigenvalue weighted by Gasteiger charge is 2.32. The molecule has 0 radical (unpaired) electrons. The van der Waals surface area contributed by atoms with Gasteiger partial charge in [-0.25, -0.2) is 0 Å². The van der Waals surface area contributed by atoms with E-state index in [9.17, 15) is 9.59 Å². The van der Waals surface area contributed by atoms with Crippen LogP contribution < -0.4 is 5.32 Å². The second kappa shape index (κ2) is 4.11. The van der Waals surface area contributed by atoms with Gasteiger partial charge >= 0.3 is 0 Å². The Labute approximate surface area is 86.3 Å². The first-order chi connectivity index (χ1) is 6.10. The molecule has 0 aliphatic carbocycles. The normalized spacial score (nSPS) is 12.4. The fourth-order valence-corrected chi connectivity index (χ4v) is 0.865. The quantitative estimate of drug-likeness (QED) is 0.706. The summed E-state index contributed by atoms with van der Waals surface area (Å²) in [5, 5.41) is 2.67. The summed E-state index contributed by atoms with van der Waals surface area (Å²) in [6.45, 7) is 11.1. The molecular weight excluding hydrogens is 178 g/mol. The second-order valence-electron chi connectivity index (χ2n) is 5.27. The van der Waals surface area contributed by atoms with E-state index in [0.29, 0.717) is 6.42 Å². The van der Waals surface area contributed by atoms with Crippen molar-refractivity contribution in [3.63, 3.8) is 0 Å². The van der Waals surface area contributed by atoms with Crippen LogP contribution in [0.3, 0.4) is 0 Å². The zero-order chi connectivity index (χ0) is 11.6. The van der Waals surface area contributed by atoms with Gasteiger partial charge in [0.05, 0.1) is 0 Å². The maximum Gasteiger partial charge on any atom is 0.288 e. The van der Waals surface area contributed by atoms with E-state index < -0.39 is 11.3 Å². The molecule has 0 aliphatic heterocycles. The summed E-state index contributed by atoms with van der Waals surface area (Å²) in [7, 11) is 0. The standard InChI is InChI=1S/C11H21NO2/c1-7-11(5,6)8(13)9(14)12-10(2,3)4/h7H2,1-6H3,(H,12,14). The molecule has 0 rings (SSSR count). The highest BCUT2D eigenvalue weighted by atomic mass is 16.2. The molecule has 0 saturated carbocycles. The minimum Gasteiger partial charge on any atom is -0.345 e. The molecule has 0 heterocycles. The number of ketones is 1. The van der Waals surface area contributed by atoms with Gasteiger partial charge in [-0.3, -0.25) is 9.59 Å². The van der Waals surface area contributed by atoms with Crippen molar-refractivity contribution in [3.8, 4) is 0 Å². The highest BCUT2D eigenvalue weighted by molar-refractivity contribution is 6.38. The van der Waals surface area contributed by atoms with Gasteiger partial charge in [0.1, 0.15) is 0 Å². The molecule has 0 spiro atoms.